The molecule has 1 aliphatic heterocycles. The Kier molecular flexibility index (Phi) is 4.04. The van der Waals surface area contributed by atoms with Crippen molar-refractivity contribution < 1.29 is 4.74 Å². The largest absolute Gasteiger partial charge is 0.381 e. The van der Waals surface area contributed by atoms with Gasteiger partial charge in [-0.05, 0) is 43.4 Å². The zero-order valence-corrected chi connectivity index (χ0v) is 10.2. The van der Waals surface area contributed by atoms with Crippen LogP contribution in [-0.4, -0.2) is 25.8 Å². The molecule has 1 unspecified atom stereocenters. The van der Waals surface area contributed by atoms with Gasteiger partial charge in [0.25, 0.3) is 0 Å². The summed E-state index contributed by atoms with van der Waals surface area (Å²) in [6.07, 6.45) is 5.40. The summed E-state index contributed by atoms with van der Waals surface area (Å²) in [7, 11) is 0. The summed E-state index contributed by atoms with van der Waals surface area (Å²) in [5.74, 6) is 2.63. The summed E-state index contributed by atoms with van der Waals surface area (Å²) >= 11 is 0. The normalized spacial score (nSPS) is 36.6. The number of hydrogen-bond acceptors (Lipinski definition) is 2. The predicted octanol–water partition coefficient (Wildman–Crippen LogP) is 2.44. The van der Waals surface area contributed by atoms with Crippen LogP contribution in [0.4, 0.5) is 0 Å². The van der Waals surface area contributed by atoms with E-state index in [0.717, 1.165) is 37.0 Å². The third-order valence-electron chi connectivity index (χ3n) is 4.07. The highest BCUT2D eigenvalue weighted by molar-refractivity contribution is 4.87. The molecule has 88 valence electrons. The number of ether oxygens (including phenoxy) is 1. The number of rotatable bonds is 4. The lowest BCUT2D eigenvalue weighted by atomic mass is 9.73. The first-order valence-electron chi connectivity index (χ1n) is 6.57. The maximum atomic E-state index is 5.49. The lowest BCUT2D eigenvalue weighted by Crippen LogP contribution is -2.45. The second kappa shape index (κ2) is 5.31. The third-order valence-corrected chi connectivity index (χ3v) is 4.07. The van der Waals surface area contributed by atoms with Crippen LogP contribution in [0.2, 0.25) is 0 Å². The van der Waals surface area contributed by atoms with Crippen molar-refractivity contribution in [2.24, 2.45) is 17.8 Å². The average Bonchev–Trinajstić information content (AvgIpc) is 2.16. The Bertz CT molecular complexity index is 181. The molecule has 0 amide bonds. The van der Waals surface area contributed by atoms with Crippen LogP contribution in [-0.2, 0) is 4.74 Å². The van der Waals surface area contributed by atoms with Gasteiger partial charge in [-0.25, -0.2) is 0 Å². The van der Waals surface area contributed by atoms with Crippen molar-refractivity contribution in [3.8, 4) is 0 Å². The van der Waals surface area contributed by atoms with Crippen molar-refractivity contribution in [3.05, 3.63) is 0 Å². The first-order valence-corrected chi connectivity index (χ1v) is 6.57. The van der Waals surface area contributed by atoms with Gasteiger partial charge in [0.2, 0.25) is 0 Å². The standard InChI is InChI=1S/C13H25NO/c1-10(2)12-6-13(7-12)14-8-11-4-3-5-15-9-11/h10-14H,3-9H2,1-2H3. The summed E-state index contributed by atoms with van der Waals surface area (Å²) in [6, 6.07) is 0.805. The van der Waals surface area contributed by atoms with E-state index < -0.39 is 0 Å². The molecular formula is C13H25NO. The molecule has 15 heavy (non-hydrogen) atoms. The Balaban J connectivity index is 1.55. The van der Waals surface area contributed by atoms with Crippen molar-refractivity contribution in [2.45, 2.75) is 45.6 Å². The number of hydrogen-bond donors (Lipinski definition) is 1. The molecule has 0 radical (unpaired) electrons. The third kappa shape index (κ3) is 3.18. The quantitative estimate of drug-likeness (QED) is 0.771. The fraction of sp³-hybridized carbons (Fsp3) is 1.00. The fourth-order valence-electron chi connectivity index (χ4n) is 2.67. The van der Waals surface area contributed by atoms with E-state index in [1.54, 1.807) is 0 Å². The summed E-state index contributed by atoms with van der Waals surface area (Å²) in [5, 5.41) is 3.69. The monoisotopic (exact) mass is 211 g/mol. The van der Waals surface area contributed by atoms with Crippen LogP contribution in [0.5, 0.6) is 0 Å². The van der Waals surface area contributed by atoms with Gasteiger partial charge in [-0.15, -0.1) is 0 Å². The van der Waals surface area contributed by atoms with Gasteiger partial charge in [0.05, 0.1) is 6.61 Å². The molecule has 0 aromatic rings. The van der Waals surface area contributed by atoms with E-state index in [2.05, 4.69) is 19.2 Å². The van der Waals surface area contributed by atoms with Crippen LogP contribution in [0.25, 0.3) is 0 Å². The molecule has 1 saturated carbocycles. The number of nitrogens with one attached hydrogen (secondary N) is 1. The lowest BCUT2D eigenvalue weighted by molar-refractivity contribution is 0.0499. The van der Waals surface area contributed by atoms with Crippen molar-refractivity contribution in [1.29, 1.82) is 0 Å². The summed E-state index contributed by atoms with van der Waals surface area (Å²) < 4.78 is 5.49. The van der Waals surface area contributed by atoms with E-state index in [1.807, 2.05) is 0 Å². The minimum Gasteiger partial charge on any atom is -0.381 e. The van der Waals surface area contributed by atoms with Crippen LogP contribution in [0.1, 0.15) is 39.5 Å². The molecule has 2 fully saturated rings. The molecule has 0 spiro atoms. The van der Waals surface area contributed by atoms with Crippen LogP contribution >= 0.6 is 0 Å². The van der Waals surface area contributed by atoms with E-state index >= 15 is 0 Å². The highest BCUT2D eigenvalue weighted by Crippen LogP contribution is 2.33. The minimum atomic E-state index is 0.775. The Labute approximate surface area is 93.8 Å². The molecule has 2 rings (SSSR count). The molecular weight excluding hydrogens is 186 g/mol. The van der Waals surface area contributed by atoms with Gasteiger partial charge in [0, 0.05) is 19.2 Å². The molecule has 1 heterocycles. The molecule has 2 aliphatic rings. The van der Waals surface area contributed by atoms with E-state index in [4.69, 9.17) is 4.74 Å². The second-order valence-electron chi connectivity index (χ2n) is 5.66. The average molecular weight is 211 g/mol. The Morgan fingerprint density at radius 3 is 2.73 bits per heavy atom. The minimum absolute atomic E-state index is 0.775. The van der Waals surface area contributed by atoms with Crippen LogP contribution in [0, 0.1) is 17.8 Å². The van der Waals surface area contributed by atoms with Gasteiger partial charge in [-0.1, -0.05) is 13.8 Å². The zero-order chi connectivity index (χ0) is 10.7. The highest BCUT2D eigenvalue weighted by atomic mass is 16.5. The SMILES string of the molecule is CC(C)C1CC(NCC2CCCOC2)C1. The molecule has 0 aromatic heterocycles. The first-order chi connectivity index (χ1) is 7.25. The lowest BCUT2D eigenvalue weighted by Gasteiger charge is -2.39. The van der Waals surface area contributed by atoms with Gasteiger partial charge < -0.3 is 10.1 Å². The first kappa shape index (κ1) is 11.4. The summed E-state index contributed by atoms with van der Waals surface area (Å²) in [6.45, 7) is 7.82. The Morgan fingerprint density at radius 2 is 2.13 bits per heavy atom. The molecule has 1 atom stereocenters. The van der Waals surface area contributed by atoms with E-state index in [0.29, 0.717) is 0 Å². The van der Waals surface area contributed by atoms with Gasteiger partial charge >= 0.3 is 0 Å². The molecule has 1 N–H and O–H groups in total. The molecule has 2 nitrogen and oxygen atoms in total. The second-order valence-corrected chi connectivity index (χ2v) is 5.66. The van der Waals surface area contributed by atoms with Gasteiger partial charge in [0.15, 0.2) is 0 Å². The summed E-state index contributed by atoms with van der Waals surface area (Å²) in [4.78, 5) is 0. The molecule has 1 saturated heterocycles. The van der Waals surface area contributed by atoms with Crippen molar-refractivity contribution in [1.82, 2.24) is 5.32 Å². The predicted molar refractivity (Wildman–Crippen MR) is 62.9 cm³/mol. The molecule has 1 aliphatic carbocycles. The van der Waals surface area contributed by atoms with Crippen LogP contribution in [0.3, 0.4) is 0 Å². The fourth-order valence-corrected chi connectivity index (χ4v) is 2.67. The Morgan fingerprint density at radius 1 is 1.33 bits per heavy atom. The van der Waals surface area contributed by atoms with Crippen LogP contribution in [0.15, 0.2) is 0 Å². The highest BCUT2D eigenvalue weighted by Gasteiger charge is 2.31. The van der Waals surface area contributed by atoms with E-state index in [-0.39, 0.29) is 0 Å². The smallest absolute Gasteiger partial charge is 0.0506 e. The van der Waals surface area contributed by atoms with Gasteiger partial charge in [0.1, 0.15) is 0 Å². The van der Waals surface area contributed by atoms with Gasteiger partial charge in [-0.2, -0.15) is 0 Å². The van der Waals surface area contributed by atoms with Crippen molar-refractivity contribution in [3.63, 3.8) is 0 Å². The molecule has 0 bridgehead atoms. The zero-order valence-electron chi connectivity index (χ0n) is 10.2. The van der Waals surface area contributed by atoms with Crippen LogP contribution < -0.4 is 5.32 Å². The van der Waals surface area contributed by atoms with Crippen molar-refractivity contribution >= 4 is 0 Å². The van der Waals surface area contributed by atoms with E-state index in [9.17, 15) is 0 Å². The topological polar surface area (TPSA) is 21.3 Å². The Hall–Kier alpha value is -0.0800. The summed E-state index contributed by atoms with van der Waals surface area (Å²) in [5.41, 5.74) is 0. The van der Waals surface area contributed by atoms with Crippen molar-refractivity contribution in [2.75, 3.05) is 19.8 Å². The molecule has 2 heteroatoms. The maximum absolute atomic E-state index is 5.49. The van der Waals surface area contributed by atoms with Gasteiger partial charge in [-0.3, -0.25) is 0 Å². The maximum Gasteiger partial charge on any atom is 0.0506 e. The van der Waals surface area contributed by atoms with E-state index in [1.165, 1.54) is 32.2 Å². The molecule has 0 aromatic carbocycles.